The Balaban J connectivity index is 2.27. The highest BCUT2D eigenvalue weighted by Crippen LogP contribution is 2.09. The Bertz CT molecular complexity index is 271. The van der Waals surface area contributed by atoms with Gasteiger partial charge in [-0.15, -0.1) is 0 Å². The molecule has 0 aliphatic carbocycles. The molecule has 0 spiro atoms. The van der Waals surface area contributed by atoms with Gasteiger partial charge in [-0.05, 0) is 60.8 Å². The van der Waals surface area contributed by atoms with Crippen molar-refractivity contribution in [2.24, 2.45) is 0 Å². The van der Waals surface area contributed by atoms with Crippen LogP contribution in [0.25, 0.3) is 0 Å². The van der Waals surface area contributed by atoms with Crippen LogP contribution in [0.1, 0.15) is 32.4 Å². The molecule has 1 unspecified atom stereocenters. The Hall–Kier alpha value is -0.410. The van der Waals surface area contributed by atoms with Gasteiger partial charge in [-0.1, -0.05) is 6.92 Å². The highest BCUT2D eigenvalue weighted by molar-refractivity contribution is 9.10. The molecular formula is C12H19BrN2. The number of hydrogen-bond acceptors (Lipinski definition) is 2. The van der Waals surface area contributed by atoms with E-state index in [1.54, 1.807) is 0 Å². The van der Waals surface area contributed by atoms with Crippen LogP contribution < -0.4 is 5.32 Å². The Morgan fingerprint density at radius 2 is 2.27 bits per heavy atom. The molecule has 0 aliphatic rings. The number of nitrogens with one attached hydrogen (secondary N) is 1. The SMILES string of the molecule is CCCNC(C)CCc1ccc(Br)cn1. The lowest BCUT2D eigenvalue weighted by Gasteiger charge is -2.12. The number of aromatic nitrogens is 1. The van der Waals surface area contributed by atoms with E-state index in [0.717, 1.165) is 23.9 Å². The van der Waals surface area contributed by atoms with E-state index in [0.29, 0.717) is 6.04 Å². The van der Waals surface area contributed by atoms with Crippen LogP contribution in [0.2, 0.25) is 0 Å². The summed E-state index contributed by atoms with van der Waals surface area (Å²) in [5.41, 5.74) is 1.17. The van der Waals surface area contributed by atoms with E-state index in [1.807, 2.05) is 12.3 Å². The molecule has 2 nitrogen and oxygen atoms in total. The van der Waals surface area contributed by atoms with E-state index >= 15 is 0 Å². The molecule has 0 saturated carbocycles. The van der Waals surface area contributed by atoms with E-state index in [4.69, 9.17) is 0 Å². The van der Waals surface area contributed by atoms with Crippen molar-refractivity contribution in [3.05, 3.63) is 28.5 Å². The minimum Gasteiger partial charge on any atom is -0.314 e. The first kappa shape index (κ1) is 12.7. The van der Waals surface area contributed by atoms with Crippen molar-refractivity contribution >= 4 is 15.9 Å². The molecule has 1 aromatic heterocycles. The molecule has 0 fully saturated rings. The average Bonchev–Trinajstić information content (AvgIpc) is 2.25. The Morgan fingerprint density at radius 3 is 2.87 bits per heavy atom. The van der Waals surface area contributed by atoms with Crippen molar-refractivity contribution in [2.45, 2.75) is 39.2 Å². The lowest BCUT2D eigenvalue weighted by molar-refractivity contribution is 0.511. The summed E-state index contributed by atoms with van der Waals surface area (Å²) in [5, 5.41) is 3.48. The molecular weight excluding hydrogens is 252 g/mol. The van der Waals surface area contributed by atoms with Gasteiger partial charge in [0, 0.05) is 22.4 Å². The molecule has 1 aromatic rings. The van der Waals surface area contributed by atoms with Crippen LogP contribution in [-0.2, 0) is 6.42 Å². The predicted molar refractivity (Wildman–Crippen MR) is 68.0 cm³/mol. The molecule has 1 heterocycles. The third kappa shape index (κ3) is 5.28. The normalized spacial score (nSPS) is 12.7. The quantitative estimate of drug-likeness (QED) is 0.859. The zero-order valence-electron chi connectivity index (χ0n) is 9.46. The number of rotatable bonds is 6. The molecule has 84 valence electrons. The summed E-state index contributed by atoms with van der Waals surface area (Å²) in [6.45, 7) is 5.53. The molecule has 0 amide bonds. The van der Waals surface area contributed by atoms with E-state index < -0.39 is 0 Å². The standard InChI is InChI=1S/C12H19BrN2/c1-3-8-14-10(2)4-6-12-7-5-11(13)9-15-12/h5,7,9-10,14H,3-4,6,8H2,1-2H3. The van der Waals surface area contributed by atoms with Gasteiger partial charge >= 0.3 is 0 Å². The minimum atomic E-state index is 0.579. The molecule has 0 saturated heterocycles. The summed E-state index contributed by atoms with van der Waals surface area (Å²) < 4.78 is 1.04. The smallest absolute Gasteiger partial charge is 0.0413 e. The summed E-state index contributed by atoms with van der Waals surface area (Å²) in [6, 6.07) is 4.71. The maximum Gasteiger partial charge on any atom is 0.0413 e. The Morgan fingerprint density at radius 1 is 1.47 bits per heavy atom. The number of pyridine rings is 1. The van der Waals surface area contributed by atoms with Gasteiger partial charge < -0.3 is 5.32 Å². The van der Waals surface area contributed by atoms with Gasteiger partial charge in [-0.2, -0.15) is 0 Å². The lowest BCUT2D eigenvalue weighted by Crippen LogP contribution is -2.27. The summed E-state index contributed by atoms with van der Waals surface area (Å²) in [4.78, 5) is 4.36. The zero-order chi connectivity index (χ0) is 11.1. The first-order chi connectivity index (χ1) is 7.22. The van der Waals surface area contributed by atoms with E-state index in [-0.39, 0.29) is 0 Å². The van der Waals surface area contributed by atoms with Gasteiger partial charge in [0.15, 0.2) is 0 Å². The van der Waals surface area contributed by atoms with Gasteiger partial charge in [0.25, 0.3) is 0 Å². The maximum atomic E-state index is 4.36. The monoisotopic (exact) mass is 270 g/mol. The molecule has 0 aliphatic heterocycles. The fourth-order valence-corrected chi connectivity index (χ4v) is 1.65. The molecule has 0 radical (unpaired) electrons. The van der Waals surface area contributed by atoms with Crippen LogP contribution in [-0.4, -0.2) is 17.6 Å². The molecule has 0 bridgehead atoms. The second-order valence-corrected chi connectivity index (χ2v) is 4.78. The molecule has 1 N–H and O–H groups in total. The second-order valence-electron chi connectivity index (χ2n) is 3.86. The highest BCUT2D eigenvalue weighted by atomic mass is 79.9. The third-order valence-electron chi connectivity index (χ3n) is 2.36. The number of aryl methyl sites for hydroxylation is 1. The number of hydrogen-bond donors (Lipinski definition) is 1. The van der Waals surface area contributed by atoms with Gasteiger partial charge in [0.2, 0.25) is 0 Å². The van der Waals surface area contributed by atoms with Gasteiger partial charge in [0.1, 0.15) is 0 Å². The number of nitrogens with zero attached hydrogens (tertiary/aromatic N) is 1. The average molecular weight is 271 g/mol. The van der Waals surface area contributed by atoms with Crippen molar-refractivity contribution in [1.82, 2.24) is 10.3 Å². The molecule has 3 heteroatoms. The Labute approximate surface area is 101 Å². The van der Waals surface area contributed by atoms with Gasteiger partial charge in [-0.3, -0.25) is 4.98 Å². The molecule has 1 atom stereocenters. The maximum absolute atomic E-state index is 4.36. The van der Waals surface area contributed by atoms with Gasteiger partial charge in [0.05, 0.1) is 0 Å². The topological polar surface area (TPSA) is 24.9 Å². The largest absolute Gasteiger partial charge is 0.314 e. The van der Waals surface area contributed by atoms with Crippen molar-refractivity contribution in [3.8, 4) is 0 Å². The van der Waals surface area contributed by atoms with Crippen molar-refractivity contribution in [2.75, 3.05) is 6.54 Å². The predicted octanol–water partition coefficient (Wildman–Crippen LogP) is 3.16. The summed E-state index contributed by atoms with van der Waals surface area (Å²) >= 11 is 3.38. The molecule has 0 aromatic carbocycles. The first-order valence-electron chi connectivity index (χ1n) is 5.56. The van der Waals surface area contributed by atoms with E-state index in [1.165, 1.54) is 12.1 Å². The zero-order valence-corrected chi connectivity index (χ0v) is 11.0. The number of halogens is 1. The third-order valence-corrected chi connectivity index (χ3v) is 2.83. The summed E-state index contributed by atoms with van der Waals surface area (Å²) in [7, 11) is 0. The minimum absolute atomic E-state index is 0.579. The van der Waals surface area contributed by atoms with E-state index in [9.17, 15) is 0 Å². The Kier molecular flexibility index (Phi) is 5.88. The van der Waals surface area contributed by atoms with Crippen LogP contribution in [0.3, 0.4) is 0 Å². The molecule has 1 rings (SSSR count). The van der Waals surface area contributed by atoms with Crippen LogP contribution in [0.15, 0.2) is 22.8 Å². The molecule has 15 heavy (non-hydrogen) atoms. The van der Waals surface area contributed by atoms with Crippen molar-refractivity contribution in [3.63, 3.8) is 0 Å². The van der Waals surface area contributed by atoms with Crippen molar-refractivity contribution < 1.29 is 0 Å². The fraction of sp³-hybridized carbons (Fsp3) is 0.583. The second kappa shape index (κ2) is 6.96. The summed E-state index contributed by atoms with van der Waals surface area (Å²) in [6.07, 6.45) is 5.25. The van der Waals surface area contributed by atoms with Crippen molar-refractivity contribution in [1.29, 1.82) is 0 Å². The highest BCUT2D eigenvalue weighted by Gasteiger charge is 2.01. The van der Waals surface area contributed by atoms with Crippen LogP contribution in [0.5, 0.6) is 0 Å². The fourth-order valence-electron chi connectivity index (χ4n) is 1.41. The van der Waals surface area contributed by atoms with Crippen LogP contribution >= 0.6 is 15.9 Å². The van der Waals surface area contributed by atoms with Crippen LogP contribution in [0.4, 0.5) is 0 Å². The lowest BCUT2D eigenvalue weighted by atomic mass is 10.1. The van der Waals surface area contributed by atoms with E-state index in [2.05, 4.69) is 46.1 Å². The summed E-state index contributed by atoms with van der Waals surface area (Å²) in [5.74, 6) is 0. The van der Waals surface area contributed by atoms with Gasteiger partial charge in [-0.25, -0.2) is 0 Å². The van der Waals surface area contributed by atoms with Crippen LogP contribution in [0, 0.1) is 0 Å². The first-order valence-corrected chi connectivity index (χ1v) is 6.35.